The number of methoxy groups -OCH3 is 2. The maximum atomic E-state index is 13.0. The molecule has 3 heterocycles. The standard InChI is InChI=1S/C21H24N6O3/c1-15-22-8-9-27(15)20-7-6-19(23-24-20)25-10-12-26(13-11-25)21(28)17-14-16(29-2)4-5-18(17)30-3/h4-9,14H,10-13H2,1-3H3. The lowest BCUT2D eigenvalue weighted by molar-refractivity contribution is 0.0742. The van der Waals surface area contributed by atoms with Crippen molar-refractivity contribution in [1.82, 2.24) is 24.6 Å². The highest BCUT2D eigenvalue weighted by Gasteiger charge is 2.25. The predicted molar refractivity (Wildman–Crippen MR) is 112 cm³/mol. The molecule has 9 heteroatoms. The molecule has 2 aromatic heterocycles. The molecule has 1 aliphatic rings. The van der Waals surface area contributed by atoms with Crippen LogP contribution in [0.15, 0.2) is 42.7 Å². The monoisotopic (exact) mass is 408 g/mol. The highest BCUT2D eigenvalue weighted by atomic mass is 16.5. The Hall–Kier alpha value is -3.62. The van der Waals surface area contributed by atoms with Gasteiger partial charge < -0.3 is 19.3 Å². The zero-order valence-corrected chi connectivity index (χ0v) is 17.3. The summed E-state index contributed by atoms with van der Waals surface area (Å²) in [6, 6.07) is 9.12. The number of hydrogen-bond acceptors (Lipinski definition) is 7. The Morgan fingerprint density at radius 3 is 2.30 bits per heavy atom. The number of carbonyl (C=O) groups is 1. The second-order valence-electron chi connectivity index (χ2n) is 6.94. The molecule has 3 aromatic rings. The van der Waals surface area contributed by atoms with E-state index in [1.807, 2.05) is 34.7 Å². The largest absolute Gasteiger partial charge is 0.497 e. The van der Waals surface area contributed by atoms with E-state index in [0.717, 1.165) is 17.5 Å². The summed E-state index contributed by atoms with van der Waals surface area (Å²) in [7, 11) is 3.14. The van der Waals surface area contributed by atoms with Crippen LogP contribution in [0.2, 0.25) is 0 Å². The Morgan fingerprint density at radius 1 is 0.967 bits per heavy atom. The molecule has 156 valence electrons. The summed E-state index contributed by atoms with van der Waals surface area (Å²) >= 11 is 0. The molecule has 0 radical (unpaired) electrons. The van der Waals surface area contributed by atoms with Crippen molar-refractivity contribution < 1.29 is 14.3 Å². The van der Waals surface area contributed by atoms with Crippen LogP contribution in [-0.4, -0.2) is 71.0 Å². The van der Waals surface area contributed by atoms with Crippen molar-refractivity contribution in [2.75, 3.05) is 45.3 Å². The summed E-state index contributed by atoms with van der Waals surface area (Å²) in [4.78, 5) is 21.2. The average molecular weight is 408 g/mol. The summed E-state index contributed by atoms with van der Waals surface area (Å²) in [5, 5.41) is 8.69. The maximum absolute atomic E-state index is 13.0. The lowest BCUT2D eigenvalue weighted by atomic mass is 10.1. The quantitative estimate of drug-likeness (QED) is 0.638. The van der Waals surface area contributed by atoms with E-state index >= 15 is 0 Å². The molecule has 4 rings (SSSR count). The van der Waals surface area contributed by atoms with Gasteiger partial charge in [0.05, 0.1) is 19.8 Å². The first-order valence-electron chi connectivity index (χ1n) is 9.71. The SMILES string of the molecule is COc1ccc(OC)c(C(=O)N2CCN(c3ccc(-n4ccnc4C)nn3)CC2)c1. The minimum atomic E-state index is -0.0672. The van der Waals surface area contributed by atoms with E-state index in [1.165, 1.54) is 0 Å². The van der Waals surface area contributed by atoms with Gasteiger partial charge in [-0.2, -0.15) is 0 Å². The van der Waals surface area contributed by atoms with Gasteiger partial charge in [-0.25, -0.2) is 4.98 Å². The van der Waals surface area contributed by atoms with E-state index in [1.54, 1.807) is 38.6 Å². The predicted octanol–water partition coefficient (Wildman–Crippen LogP) is 1.95. The van der Waals surface area contributed by atoms with Crippen LogP contribution in [0.25, 0.3) is 5.82 Å². The molecule has 0 saturated carbocycles. The third-order valence-electron chi connectivity index (χ3n) is 5.24. The molecule has 30 heavy (non-hydrogen) atoms. The first-order chi connectivity index (χ1) is 14.6. The van der Waals surface area contributed by atoms with Gasteiger partial charge in [-0.05, 0) is 37.3 Å². The van der Waals surface area contributed by atoms with E-state index in [2.05, 4.69) is 20.1 Å². The molecule has 0 unspecified atom stereocenters. The van der Waals surface area contributed by atoms with Gasteiger partial charge in [0.1, 0.15) is 17.3 Å². The van der Waals surface area contributed by atoms with Crippen LogP contribution in [0.1, 0.15) is 16.2 Å². The number of amides is 1. The highest BCUT2D eigenvalue weighted by Crippen LogP contribution is 2.26. The summed E-state index contributed by atoms with van der Waals surface area (Å²) in [5.41, 5.74) is 0.505. The van der Waals surface area contributed by atoms with Crippen molar-refractivity contribution in [3.05, 3.63) is 54.1 Å². The van der Waals surface area contributed by atoms with Gasteiger partial charge in [-0.15, -0.1) is 10.2 Å². The molecule has 9 nitrogen and oxygen atoms in total. The molecule has 0 bridgehead atoms. The van der Waals surface area contributed by atoms with E-state index in [4.69, 9.17) is 9.47 Å². The van der Waals surface area contributed by atoms with Crippen molar-refractivity contribution in [2.45, 2.75) is 6.92 Å². The zero-order valence-electron chi connectivity index (χ0n) is 17.3. The van der Waals surface area contributed by atoms with Crippen LogP contribution < -0.4 is 14.4 Å². The number of nitrogens with zero attached hydrogens (tertiary/aromatic N) is 6. The molecular weight excluding hydrogens is 384 g/mol. The minimum absolute atomic E-state index is 0.0672. The molecular formula is C21H24N6O3. The number of aryl methyl sites for hydroxylation is 1. The second-order valence-corrected chi connectivity index (χ2v) is 6.94. The Bertz CT molecular complexity index is 1030. The van der Waals surface area contributed by atoms with Crippen LogP contribution in [0.3, 0.4) is 0 Å². The number of anilines is 1. The zero-order chi connectivity index (χ0) is 21.1. The number of carbonyl (C=O) groups excluding carboxylic acids is 1. The molecule has 0 aliphatic carbocycles. The van der Waals surface area contributed by atoms with E-state index < -0.39 is 0 Å². The first kappa shape index (κ1) is 19.7. The van der Waals surface area contributed by atoms with Crippen LogP contribution in [0, 0.1) is 6.92 Å². The number of ether oxygens (including phenoxy) is 2. The Morgan fingerprint density at radius 2 is 1.70 bits per heavy atom. The molecule has 1 aromatic carbocycles. The van der Waals surface area contributed by atoms with E-state index in [9.17, 15) is 4.79 Å². The van der Waals surface area contributed by atoms with Crippen LogP contribution >= 0.6 is 0 Å². The van der Waals surface area contributed by atoms with Crippen molar-refractivity contribution in [2.24, 2.45) is 0 Å². The Kier molecular flexibility index (Phi) is 5.51. The Labute approximate surface area is 174 Å². The van der Waals surface area contributed by atoms with E-state index in [0.29, 0.717) is 43.2 Å². The van der Waals surface area contributed by atoms with Crippen LogP contribution in [0.4, 0.5) is 5.82 Å². The molecule has 0 atom stereocenters. The van der Waals surface area contributed by atoms with Crippen molar-refractivity contribution in [1.29, 1.82) is 0 Å². The molecule has 1 amide bonds. The molecule has 0 spiro atoms. The minimum Gasteiger partial charge on any atom is -0.497 e. The van der Waals surface area contributed by atoms with Gasteiger partial charge >= 0.3 is 0 Å². The fraction of sp³-hybridized carbons (Fsp3) is 0.333. The summed E-state index contributed by atoms with van der Waals surface area (Å²) in [5.74, 6) is 3.48. The normalized spacial score (nSPS) is 14.0. The third-order valence-corrected chi connectivity index (χ3v) is 5.24. The average Bonchev–Trinajstić information content (AvgIpc) is 3.24. The molecule has 1 saturated heterocycles. The van der Waals surface area contributed by atoms with Gasteiger partial charge in [0.15, 0.2) is 11.6 Å². The fourth-order valence-electron chi connectivity index (χ4n) is 3.53. The molecule has 1 fully saturated rings. The third kappa shape index (κ3) is 3.78. The van der Waals surface area contributed by atoms with Gasteiger partial charge in [0, 0.05) is 38.6 Å². The number of aromatic nitrogens is 4. The van der Waals surface area contributed by atoms with Gasteiger partial charge in [-0.1, -0.05) is 0 Å². The number of benzene rings is 1. The number of rotatable bonds is 5. The topological polar surface area (TPSA) is 85.6 Å². The first-order valence-corrected chi connectivity index (χ1v) is 9.71. The van der Waals surface area contributed by atoms with Gasteiger partial charge in [0.25, 0.3) is 5.91 Å². The number of piperazine rings is 1. The lowest BCUT2D eigenvalue weighted by Crippen LogP contribution is -2.49. The van der Waals surface area contributed by atoms with Crippen molar-refractivity contribution in [3.8, 4) is 17.3 Å². The highest BCUT2D eigenvalue weighted by molar-refractivity contribution is 5.97. The number of imidazole rings is 1. The number of hydrogen-bond donors (Lipinski definition) is 0. The van der Waals surface area contributed by atoms with Gasteiger partial charge in [-0.3, -0.25) is 9.36 Å². The Balaban J connectivity index is 1.43. The second kappa shape index (κ2) is 8.40. The lowest BCUT2D eigenvalue weighted by Gasteiger charge is -2.35. The van der Waals surface area contributed by atoms with E-state index in [-0.39, 0.29) is 5.91 Å². The van der Waals surface area contributed by atoms with Crippen molar-refractivity contribution >= 4 is 11.7 Å². The molecule has 0 N–H and O–H groups in total. The fourth-order valence-corrected chi connectivity index (χ4v) is 3.53. The van der Waals surface area contributed by atoms with Gasteiger partial charge in [0.2, 0.25) is 0 Å². The van der Waals surface area contributed by atoms with Crippen molar-refractivity contribution in [3.63, 3.8) is 0 Å². The summed E-state index contributed by atoms with van der Waals surface area (Å²) in [6.45, 7) is 4.45. The van der Waals surface area contributed by atoms with Crippen LogP contribution in [0.5, 0.6) is 11.5 Å². The van der Waals surface area contributed by atoms with Crippen LogP contribution in [-0.2, 0) is 0 Å². The smallest absolute Gasteiger partial charge is 0.257 e. The maximum Gasteiger partial charge on any atom is 0.257 e. The molecule has 1 aliphatic heterocycles. The summed E-state index contributed by atoms with van der Waals surface area (Å²) < 4.78 is 12.5. The summed E-state index contributed by atoms with van der Waals surface area (Å²) in [6.07, 6.45) is 3.59.